The minimum Gasteiger partial charge on any atom is -0.391 e. The Labute approximate surface area is 317 Å². The van der Waals surface area contributed by atoms with E-state index in [9.17, 15) is 32.4 Å². The molecule has 0 radical (unpaired) electrons. The van der Waals surface area contributed by atoms with Crippen LogP contribution in [0.3, 0.4) is 0 Å². The van der Waals surface area contributed by atoms with Crippen LogP contribution in [-0.2, 0) is 38.8 Å². The van der Waals surface area contributed by atoms with Crippen molar-refractivity contribution in [2.75, 3.05) is 18.9 Å². The van der Waals surface area contributed by atoms with Gasteiger partial charge in [0.1, 0.15) is 37.2 Å². The molecule has 2 aliphatic heterocycles. The number of nitrogens with two attached hydrogens (primary N) is 2. The van der Waals surface area contributed by atoms with Crippen molar-refractivity contribution in [3.63, 3.8) is 0 Å². The number of hydrogen-bond donors (Lipinski definition) is 7. The predicted octanol–water partition coefficient (Wildman–Crippen LogP) is 0.0117. The van der Waals surface area contributed by atoms with Gasteiger partial charge in [-0.1, -0.05) is 48.7 Å². The summed E-state index contributed by atoms with van der Waals surface area (Å²) < 4.78 is 22.4. The lowest BCUT2D eigenvalue weighted by atomic mass is 9.91. The van der Waals surface area contributed by atoms with Crippen molar-refractivity contribution in [1.82, 2.24) is 26.2 Å². The topological polar surface area (TPSA) is 268 Å². The maximum absolute atomic E-state index is 14.1. The van der Waals surface area contributed by atoms with E-state index in [1.807, 2.05) is 32.2 Å². The highest BCUT2D eigenvalue weighted by atomic mass is 32.2. The van der Waals surface area contributed by atoms with Gasteiger partial charge in [0.25, 0.3) is 5.91 Å². The Morgan fingerprint density at radius 1 is 1.24 bits per heavy atom. The van der Waals surface area contributed by atoms with Crippen molar-refractivity contribution in [2.45, 2.75) is 95.9 Å². The first kappa shape index (κ1) is 44.9. The van der Waals surface area contributed by atoms with Crippen LogP contribution in [0.1, 0.15) is 65.7 Å². The maximum atomic E-state index is 14.1. The van der Waals surface area contributed by atoms with Crippen LogP contribution in [0, 0.1) is 23.7 Å². The predicted molar refractivity (Wildman–Crippen MR) is 205 cm³/mol. The first-order valence-electron chi connectivity index (χ1n) is 17.6. The average molecular weight is 772 g/mol. The molecule has 0 aromatic rings. The number of nitrogens with zero attached hydrogens (tertiary/aromatic N) is 2. The van der Waals surface area contributed by atoms with Crippen LogP contribution in [0.2, 0.25) is 0 Å². The fourth-order valence-corrected chi connectivity index (χ4v) is 6.21. The minimum atomic E-state index is -3.73. The molecule has 1 fully saturated rings. The zero-order valence-corrected chi connectivity index (χ0v) is 31.8. The Bertz CT molecular complexity index is 1660. The number of amides is 4. The molecule has 18 heteroatoms. The number of hydrogen-bond acceptors (Lipinski definition) is 11. The number of allylic oxidation sites excluding steroid dienone is 2. The van der Waals surface area contributed by atoms with Crippen LogP contribution in [0.4, 0.5) is 0 Å². The number of primary sulfonamides is 1. The normalized spacial score (nSPS) is 20.5. The molecule has 0 aliphatic carbocycles. The molecule has 0 aromatic heterocycles. The number of likely N-dealkylation sites (tertiary alicyclic amines) is 1. The summed E-state index contributed by atoms with van der Waals surface area (Å²) in [5.74, 6) is -0.452. The number of carbonyl (C=O) groups is 5. The van der Waals surface area contributed by atoms with E-state index in [0.29, 0.717) is 50.4 Å². The molecule has 0 aromatic carbocycles. The lowest BCUT2D eigenvalue weighted by Gasteiger charge is -2.30. The van der Waals surface area contributed by atoms with Gasteiger partial charge in [0.05, 0.1) is 23.7 Å². The zero-order valence-electron chi connectivity index (χ0n) is 31.0. The first-order chi connectivity index (χ1) is 25.6. The molecule has 0 saturated carbocycles. The van der Waals surface area contributed by atoms with Crippen molar-refractivity contribution in [3.8, 4) is 12.3 Å². The second-order valence-corrected chi connectivity index (χ2v) is 14.7. The third kappa shape index (κ3) is 15.8. The molecule has 2 heterocycles. The summed E-state index contributed by atoms with van der Waals surface area (Å²) in [7, 11) is -3.73. The molecule has 0 spiro atoms. The fourth-order valence-electron chi connectivity index (χ4n) is 5.84. The van der Waals surface area contributed by atoms with Gasteiger partial charge >= 0.3 is 0 Å². The number of nitrogens with one attached hydrogen (secondary N) is 5. The van der Waals surface area contributed by atoms with Crippen molar-refractivity contribution in [1.29, 1.82) is 5.41 Å². The number of amidine groups is 1. The van der Waals surface area contributed by atoms with Gasteiger partial charge in [-0.15, -0.1) is 6.42 Å². The van der Waals surface area contributed by atoms with Crippen LogP contribution in [-0.4, -0.2) is 104 Å². The Morgan fingerprint density at radius 3 is 2.63 bits per heavy atom. The van der Waals surface area contributed by atoms with E-state index in [2.05, 4.69) is 32.3 Å². The molecule has 2 unspecified atom stereocenters. The van der Waals surface area contributed by atoms with Gasteiger partial charge in [-0.3, -0.25) is 24.6 Å². The number of oxime groups is 1. The third-order valence-corrected chi connectivity index (χ3v) is 9.39. The molecular formula is C36H53N9O8S. The lowest BCUT2D eigenvalue weighted by molar-refractivity contribution is -0.141. The van der Waals surface area contributed by atoms with Crippen molar-refractivity contribution >= 4 is 52.0 Å². The number of sulfonamides is 1. The van der Waals surface area contributed by atoms with Gasteiger partial charge in [0, 0.05) is 24.5 Å². The molecule has 54 heavy (non-hydrogen) atoms. The highest BCUT2D eigenvalue weighted by Crippen LogP contribution is 2.27. The molecular weight excluding hydrogens is 719 g/mol. The van der Waals surface area contributed by atoms with E-state index in [0.717, 1.165) is 11.8 Å². The summed E-state index contributed by atoms with van der Waals surface area (Å²) in [6, 6.07) is -3.80. The second kappa shape index (κ2) is 22.7. The highest BCUT2D eigenvalue weighted by molar-refractivity contribution is 7.89. The summed E-state index contributed by atoms with van der Waals surface area (Å²) >= 11 is 0. The quantitative estimate of drug-likeness (QED) is 0.0113. The molecule has 9 N–H and O–H groups in total. The van der Waals surface area contributed by atoms with Crippen molar-refractivity contribution < 1.29 is 37.2 Å². The van der Waals surface area contributed by atoms with E-state index < -0.39 is 63.6 Å². The Hall–Kier alpha value is -5.28. The molecule has 2 aliphatic rings. The van der Waals surface area contributed by atoms with Gasteiger partial charge in [-0.2, -0.15) is 0 Å². The molecule has 296 valence electrons. The van der Waals surface area contributed by atoms with Crippen LogP contribution in [0.5, 0.6) is 0 Å². The maximum Gasteiger partial charge on any atom is 0.266 e. The fraction of sp³-hybridized carbons (Fsp3) is 0.528. The van der Waals surface area contributed by atoms with E-state index in [1.165, 1.54) is 30.1 Å². The Balaban J connectivity index is 2.14. The van der Waals surface area contributed by atoms with Gasteiger partial charge in [-0.05, 0) is 63.8 Å². The zero-order chi connectivity index (χ0) is 40.3. The summed E-state index contributed by atoms with van der Waals surface area (Å²) in [4.78, 5) is 71.6. The van der Waals surface area contributed by atoms with Gasteiger partial charge < -0.3 is 41.5 Å². The molecule has 2 rings (SSSR count). The summed E-state index contributed by atoms with van der Waals surface area (Å²) in [5.41, 5.74) is 6.62. The summed E-state index contributed by atoms with van der Waals surface area (Å²) in [6.45, 7) is 5.41. The van der Waals surface area contributed by atoms with Gasteiger partial charge in [-0.25, -0.2) is 13.6 Å². The minimum absolute atomic E-state index is 0.00422. The van der Waals surface area contributed by atoms with Crippen LogP contribution >= 0.6 is 0 Å². The lowest BCUT2D eigenvalue weighted by Crippen LogP contribution is -2.56. The summed E-state index contributed by atoms with van der Waals surface area (Å²) in [6.07, 6.45) is 19.4. The van der Waals surface area contributed by atoms with E-state index in [4.69, 9.17) is 27.5 Å². The second-order valence-electron chi connectivity index (χ2n) is 13.1. The van der Waals surface area contributed by atoms with E-state index in [1.54, 1.807) is 0 Å². The highest BCUT2D eigenvalue weighted by Gasteiger charge is 2.39. The first-order valence-corrected chi connectivity index (χ1v) is 19.4. The smallest absolute Gasteiger partial charge is 0.266 e. The van der Waals surface area contributed by atoms with Crippen molar-refractivity contribution in [3.05, 3.63) is 47.7 Å². The summed E-state index contributed by atoms with van der Waals surface area (Å²) in [5, 5.41) is 27.2. The number of rotatable bonds is 22. The van der Waals surface area contributed by atoms with E-state index >= 15 is 0 Å². The molecule has 17 nitrogen and oxygen atoms in total. The van der Waals surface area contributed by atoms with Crippen LogP contribution in [0.25, 0.3) is 0 Å². The number of carbonyl (C=O) groups excluding carboxylic acids is 5. The van der Waals surface area contributed by atoms with Crippen LogP contribution in [0.15, 0.2) is 52.9 Å². The molecule has 0 bridgehead atoms. The Morgan fingerprint density at radius 2 is 1.98 bits per heavy atom. The SMILES string of the molecule is C#C/C=C(\C=C/CS(N)(=O)=O)CO/N=C/C(=O)N[C@@H](CC1=CNC(/C=C\C)C1C)C(=O)N1CCC[C@H]1C(=O)N[C@@H](C)C(=O)N[C@H](C=O)CCCCC(=N)N. The number of unbranched alkanes of at least 4 members (excludes halogenated alkanes) is 1. The van der Waals surface area contributed by atoms with Gasteiger partial charge in [0.15, 0.2) is 0 Å². The monoisotopic (exact) mass is 771 g/mol. The Kier molecular flexibility index (Phi) is 18.9. The molecule has 6 atom stereocenters. The van der Waals surface area contributed by atoms with Crippen molar-refractivity contribution in [2.24, 2.45) is 21.9 Å². The standard InChI is InChI=1S/C36H53N9O8S/c1-5-11-26(13-10-18-54(39,51)52)23-53-41-21-33(47)44-30(19-27-20-40-29(12-6-2)24(27)3)36(50)45-17-9-15-31(45)35(49)42-25(4)34(48)43-28(22-46)14-7-8-16-32(37)38/h1,6,10-13,20-22,24-25,28-31,40H,7-9,14-19,23H2,2-4H3,(H3,37,38)(H,42,49)(H,43,48)(H,44,47)(H2,39,51,52)/b12-6-,13-10-,26-11+,41-21+/t24?,25-,28-,29?,30-,31-/m0/s1. The van der Waals surface area contributed by atoms with Crippen LogP contribution < -0.4 is 32.1 Å². The number of terminal acetylenes is 1. The third-order valence-electron chi connectivity index (χ3n) is 8.74. The van der Waals surface area contributed by atoms with Gasteiger partial charge in [0.2, 0.25) is 27.7 Å². The molecule has 1 saturated heterocycles. The largest absolute Gasteiger partial charge is 0.391 e. The average Bonchev–Trinajstić information content (AvgIpc) is 3.73. The molecule has 4 amide bonds. The van der Waals surface area contributed by atoms with E-state index in [-0.39, 0.29) is 37.4 Å². The number of aldehydes is 1.